The predicted octanol–water partition coefficient (Wildman–Crippen LogP) is 2.82. The number of nitrogens with one attached hydrogen (secondary N) is 1. The van der Waals surface area contributed by atoms with Crippen LogP contribution in [0.25, 0.3) is 10.9 Å². The molecule has 3 rings (SSSR count). The first-order valence-electron chi connectivity index (χ1n) is 7.73. The van der Waals surface area contributed by atoms with Crippen molar-refractivity contribution in [1.29, 1.82) is 0 Å². The molecule has 0 saturated heterocycles. The quantitative estimate of drug-likeness (QED) is 0.693. The number of carbonyl (C=O) groups is 2. The van der Waals surface area contributed by atoms with Gasteiger partial charge in [0.15, 0.2) is 0 Å². The molecule has 5 nitrogen and oxygen atoms in total. The first-order chi connectivity index (χ1) is 12.0. The molecule has 0 bridgehead atoms. The number of fused-ring (bicyclic) bond motifs is 1. The highest BCUT2D eigenvalue weighted by atomic mass is 79.9. The van der Waals surface area contributed by atoms with Crippen molar-refractivity contribution in [3.63, 3.8) is 0 Å². The van der Waals surface area contributed by atoms with Crippen molar-refractivity contribution in [3.05, 3.63) is 76.4 Å². The van der Waals surface area contributed by atoms with Gasteiger partial charge in [0.1, 0.15) is 11.7 Å². The van der Waals surface area contributed by atoms with E-state index in [1.54, 1.807) is 6.07 Å². The summed E-state index contributed by atoms with van der Waals surface area (Å²) >= 11 is 3.39. The van der Waals surface area contributed by atoms with E-state index in [1.165, 1.54) is 0 Å². The van der Waals surface area contributed by atoms with Crippen molar-refractivity contribution in [3.8, 4) is 0 Å². The van der Waals surface area contributed by atoms with Gasteiger partial charge >= 0.3 is 0 Å². The lowest BCUT2D eigenvalue weighted by Gasteiger charge is -2.15. The molecule has 1 heterocycles. The number of rotatable bonds is 5. The Kier molecular flexibility index (Phi) is 5.09. The summed E-state index contributed by atoms with van der Waals surface area (Å²) in [5.74, 6) is -1.02. The smallest absolute Gasteiger partial charge is 0.270 e. The fraction of sp³-hybridized carbons (Fsp3) is 0.105. The molecule has 3 N–H and O–H groups in total. The number of amides is 2. The lowest BCUT2D eigenvalue weighted by atomic mass is 10.1. The third-order valence-corrected chi connectivity index (χ3v) is 4.30. The van der Waals surface area contributed by atoms with E-state index in [0.29, 0.717) is 6.42 Å². The summed E-state index contributed by atoms with van der Waals surface area (Å²) in [6.07, 6.45) is 0.314. The fourth-order valence-electron chi connectivity index (χ4n) is 2.55. The molecule has 1 atom stereocenters. The molecular formula is C19H16BrN3O2. The maximum Gasteiger partial charge on any atom is 0.270 e. The van der Waals surface area contributed by atoms with Gasteiger partial charge in [0.2, 0.25) is 5.91 Å². The van der Waals surface area contributed by atoms with E-state index in [1.807, 2.05) is 54.6 Å². The average Bonchev–Trinajstić information content (AvgIpc) is 2.60. The zero-order chi connectivity index (χ0) is 17.8. The van der Waals surface area contributed by atoms with E-state index in [9.17, 15) is 9.59 Å². The van der Waals surface area contributed by atoms with Crippen LogP contribution in [-0.4, -0.2) is 22.8 Å². The maximum atomic E-state index is 12.5. The largest absolute Gasteiger partial charge is 0.368 e. The van der Waals surface area contributed by atoms with E-state index in [0.717, 1.165) is 20.9 Å². The molecule has 0 saturated carbocycles. The number of carbonyl (C=O) groups excluding carboxylic acids is 2. The molecule has 0 aliphatic carbocycles. The molecule has 3 aromatic rings. The molecule has 126 valence electrons. The minimum absolute atomic E-state index is 0.249. The Morgan fingerprint density at radius 2 is 1.88 bits per heavy atom. The second-order valence-corrected chi connectivity index (χ2v) is 6.57. The summed E-state index contributed by atoms with van der Waals surface area (Å²) in [4.78, 5) is 28.6. The first-order valence-corrected chi connectivity index (χ1v) is 8.52. The number of pyridine rings is 1. The molecule has 0 radical (unpaired) electrons. The zero-order valence-corrected chi connectivity index (χ0v) is 14.9. The lowest BCUT2D eigenvalue weighted by Crippen LogP contribution is -2.46. The first kappa shape index (κ1) is 17.1. The average molecular weight is 398 g/mol. The van der Waals surface area contributed by atoms with Crippen molar-refractivity contribution in [2.75, 3.05) is 0 Å². The summed E-state index contributed by atoms with van der Waals surface area (Å²) in [7, 11) is 0. The highest BCUT2D eigenvalue weighted by Crippen LogP contribution is 2.14. The molecular weight excluding hydrogens is 382 g/mol. The number of aromatic nitrogens is 1. The third kappa shape index (κ3) is 4.22. The Labute approximate surface area is 153 Å². The number of nitrogens with two attached hydrogens (primary N) is 1. The van der Waals surface area contributed by atoms with Crippen LogP contribution in [0.15, 0.2) is 65.1 Å². The number of halogens is 1. The molecule has 0 fully saturated rings. The molecule has 0 unspecified atom stereocenters. The Morgan fingerprint density at radius 1 is 1.08 bits per heavy atom. The van der Waals surface area contributed by atoms with Crippen molar-refractivity contribution in [2.24, 2.45) is 5.73 Å². The van der Waals surface area contributed by atoms with E-state index in [2.05, 4.69) is 26.2 Å². The van der Waals surface area contributed by atoms with Gasteiger partial charge in [-0.2, -0.15) is 0 Å². The van der Waals surface area contributed by atoms with Gasteiger partial charge in [0.05, 0.1) is 5.52 Å². The van der Waals surface area contributed by atoms with Crippen molar-refractivity contribution in [2.45, 2.75) is 12.5 Å². The molecule has 0 aliphatic rings. The van der Waals surface area contributed by atoms with Crippen molar-refractivity contribution < 1.29 is 9.59 Å². The van der Waals surface area contributed by atoms with Gasteiger partial charge in [0, 0.05) is 16.3 Å². The molecule has 2 amide bonds. The Balaban J connectivity index is 1.78. The molecule has 25 heavy (non-hydrogen) atoms. The maximum absolute atomic E-state index is 12.5. The van der Waals surface area contributed by atoms with E-state index in [4.69, 9.17) is 5.73 Å². The topological polar surface area (TPSA) is 85.1 Å². The van der Waals surface area contributed by atoms with Gasteiger partial charge in [-0.15, -0.1) is 0 Å². The van der Waals surface area contributed by atoms with E-state index in [-0.39, 0.29) is 5.69 Å². The van der Waals surface area contributed by atoms with Crippen LogP contribution >= 0.6 is 15.9 Å². The molecule has 2 aromatic carbocycles. The summed E-state index contributed by atoms with van der Waals surface area (Å²) in [6, 6.07) is 17.7. The second-order valence-electron chi connectivity index (χ2n) is 5.65. The van der Waals surface area contributed by atoms with Crippen LogP contribution in [0.1, 0.15) is 16.1 Å². The zero-order valence-electron chi connectivity index (χ0n) is 13.3. The second kappa shape index (κ2) is 7.44. The van der Waals surface area contributed by atoms with Crippen molar-refractivity contribution in [1.82, 2.24) is 10.3 Å². The van der Waals surface area contributed by atoms with E-state index >= 15 is 0 Å². The van der Waals surface area contributed by atoms with E-state index < -0.39 is 17.9 Å². The van der Waals surface area contributed by atoms with Crippen LogP contribution in [0.3, 0.4) is 0 Å². The Hall–Kier alpha value is -2.73. The number of para-hydroxylation sites is 1. The van der Waals surface area contributed by atoms with Gasteiger partial charge < -0.3 is 11.1 Å². The predicted molar refractivity (Wildman–Crippen MR) is 100 cm³/mol. The summed E-state index contributed by atoms with van der Waals surface area (Å²) in [5.41, 5.74) is 7.32. The van der Waals surface area contributed by atoms with Gasteiger partial charge in [-0.25, -0.2) is 4.98 Å². The highest BCUT2D eigenvalue weighted by molar-refractivity contribution is 9.10. The summed E-state index contributed by atoms with van der Waals surface area (Å²) in [5, 5.41) is 3.62. The fourth-order valence-corrected chi connectivity index (χ4v) is 2.99. The van der Waals surface area contributed by atoms with Crippen LogP contribution in [0.5, 0.6) is 0 Å². The third-order valence-electron chi connectivity index (χ3n) is 3.81. The molecule has 1 aromatic heterocycles. The van der Waals surface area contributed by atoms with Gasteiger partial charge in [0.25, 0.3) is 5.91 Å². The minimum atomic E-state index is -0.810. The highest BCUT2D eigenvalue weighted by Gasteiger charge is 2.20. The van der Waals surface area contributed by atoms with Gasteiger partial charge in [-0.1, -0.05) is 52.3 Å². The monoisotopic (exact) mass is 397 g/mol. The number of benzene rings is 2. The number of hydrogen-bond acceptors (Lipinski definition) is 3. The van der Waals surface area contributed by atoms with Crippen LogP contribution in [0.4, 0.5) is 0 Å². The lowest BCUT2D eigenvalue weighted by molar-refractivity contribution is -0.119. The standard InChI is InChI=1S/C19H16BrN3O2/c20-14-6-3-4-12(10-14)11-17(18(21)24)23-19(25)16-9-8-13-5-1-2-7-15(13)22-16/h1-10,17H,11H2,(H2,21,24)(H,23,25)/t17-/m0/s1. The summed E-state index contributed by atoms with van der Waals surface area (Å²) in [6.45, 7) is 0. The molecule has 0 aliphatic heterocycles. The normalized spacial score (nSPS) is 11.9. The van der Waals surface area contributed by atoms with Crippen LogP contribution < -0.4 is 11.1 Å². The van der Waals surface area contributed by atoms with Crippen molar-refractivity contribution >= 4 is 38.6 Å². The molecule has 0 spiro atoms. The number of primary amides is 1. The number of nitrogens with zero attached hydrogens (tertiary/aromatic N) is 1. The SMILES string of the molecule is NC(=O)[C@H](Cc1cccc(Br)c1)NC(=O)c1ccc2ccccc2n1. The van der Waals surface area contributed by atoms with Crippen LogP contribution in [0.2, 0.25) is 0 Å². The van der Waals surface area contributed by atoms with Crippen LogP contribution in [0, 0.1) is 0 Å². The molecule has 6 heteroatoms. The number of hydrogen-bond donors (Lipinski definition) is 2. The van der Waals surface area contributed by atoms with Gasteiger partial charge in [-0.05, 0) is 29.8 Å². The Morgan fingerprint density at radius 3 is 2.64 bits per heavy atom. The Bertz CT molecular complexity index is 943. The van der Waals surface area contributed by atoms with Crippen LogP contribution in [-0.2, 0) is 11.2 Å². The van der Waals surface area contributed by atoms with Gasteiger partial charge in [-0.3, -0.25) is 9.59 Å². The minimum Gasteiger partial charge on any atom is -0.368 e. The summed E-state index contributed by atoms with van der Waals surface area (Å²) < 4.78 is 0.899.